The van der Waals surface area contributed by atoms with Crippen LogP contribution in [0.2, 0.25) is 5.02 Å². The van der Waals surface area contributed by atoms with Crippen LogP contribution >= 0.6 is 11.6 Å². The highest BCUT2D eigenvalue weighted by Crippen LogP contribution is 2.25. The summed E-state index contributed by atoms with van der Waals surface area (Å²) in [6, 6.07) is 4.07. The molecular formula is C18H14ClFN8O2. The fourth-order valence-corrected chi connectivity index (χ4v) is 3.01. The summed E-state index contributed by atoms with van der Waals surface area (Å²) in [5.41, 5.74) is 0.634. The number of benzene rings is 1. The van der Waals surface area contributed by atoms with E-state index in [4.69, 9.17) is 11.6 Å². The monoisotopic (exact) mass is 428 g/mol. The average molecular weight is 429 g/mol. The van der Waals surface area contributed by atoms with Crippen molar-refractivity contribution in [3.8, 4) is 5.88 Å². The molecule has 1 aromatic carbocycles. The van der Waals surface area contributed by atoms with Crippen LogP contribution in [0.25, 0.3) is 11.7 Å². The number of hydrogen-bond acceptors (Lipinski definition) is 7. The third-order valence-electron chi connectivity index (χ3n) is 4.43. The lowest BCUT2D eigenvalue weighted by atomic mass is 10.3. The molecule has 0 unspecified atom stereocenters. The first kappa shape index (κ1) is 18.3. The van der Waals surface area contributed by atoms with Gasteiger partial charge in [0.05, 0.1) is 22.9 Å². The second-order valence-electron chi connectivity index (χ2n) is 6.78. The smallest absolute Gasteiger partial charge is 0.326 e. The molecule has 1 fully saturated rings. The minimum absolute atomic E-state index is 0.149. The van der Waals surface area contributed by atoms with Gasteiger partial charge in [-0.3, -0.25) is 4.98 Å². The van der Waals surface area contributed by atoms with Crippen LogP contribution in [0.15, 0.2) is 34.2 Å². The molecule has 0 amide bonds. The summed E-state index contributed by atoms with van der Waals surface area (Å²) < 4.78 is 15.1. The van der Waals surface area contributed by atoms with Crippen LogP contribution in [0.1, 0.15) is 18.5 Å². The molecule has 10 nitrogen and oxygen atoms in total. The van der Waals surface area contributed by atoms with Gasteiger partial charge in [-0.1, -0.05) is 11.6 Å². The molecule has 4 aromatic rings. The van der Waals surface area contributed by atoms with E-state index in [-0.39, 0.29) is 23.6 Å². The molecule has 4 N–H and O–H groups in total. The van der Waals surface area contributed by atoms with E-state index in [0.717, 1.165) is 12.8 Å². The zero-order chi connectivity index (χ0) is 20.8. The summed E-state index contributed by atoms with van der Waals surface area (Å²) in [4.78, 5) is 29.5. The fourth-order valence-electron chi connectivity index (χ4n) is 2.85. The number of H-pyrrole nitrogens is 2. The number of aromatic amines is 2. The molecule has 1 saturated carbocycles. The Balaban J connectivity index is 1.69. The van der Waals surface area contributed by atoms with Crippen LogP contribution in [-0.2, 0) is 0 Å². The first-order chi connectivity index (χ1) is 14.5. The minimum Gasteiger partial charge on any atom is -0.493 e. The summed E-state index contributed by atoms with van der Waals surface area (Å²) >= 11 is 6.14. The second kappa shape index (κ2) is 6.95. The molecule has 1 aliphatic carbocycles. The summed E-state index contributed by atoms with van der Waals surface area (Å²) in [6.07, 6.45) is 4.95. The first-order valence-electron chi connectivity index (χ1n) is 9.01. The molecule has 1 aliphatic rings. The number of aromatic nitrogens is 6. The molecule has 0 bridgehead atoms. The summed E-state index contributed by atoms with van der Waals surface area (Å²) in [5.74, 6) is -0.617. The van der Waals surface area contributed by atoms with E-state index in [1.165, 1.54) is 35.0 Å². The number of nitrogens with zero attached hydrogens (tertiary/aromatic N) is 5. The molecular weight excluding hydrogens is 415 g/mol. The third kappa shape index (κ3) is 3.50. The van der Waals surface area contributed by atoms with Gasteiger partial charge in [0.25, 0.3) is 5.62 Å². The van der Waals surface area contributed by atoms with Crippen molar-refractivity contribution in [1.82, 2.24) is 29.5 Å². The van der Waals surface area contributed by atoms with E-state index < -0.39 is 11.5 Å². The summed E-state index contributed by atoms with van der Waals surface area (Å²) in [6.45, 7) is 0. The minimum atomic E-state index is -0.544. The Hall–Kier alpha value is -3.73. The SMILES string of the molecule is O=c1[nH]c(O)c(/C=c2/cnn3c(=NC4CC4)nc(Nc4cc(F)ccc4Cl)nc23)[nH]1. The number of hydrogen-bond donors (Lipinski definition) is 4. The van der Waals surface area contributed by atoms with Crippen molar-refractivity contribution in [1.29, 1.82) is 0 Å². The predicted molar refractivity (Wildman–Crippen MR) is 106 cm³/mol. The summed E-state index contributed by atoms with van der Waals surface area (Å²) in [5, 5.41) is 17.8. The number of fused-ring (bicyclic) bond motifs is 1. The Bertz CT molecular complexity index is 1450. The zero-order valence-electron chi connectivity index (χ0n) is 15.2. The van der Waals surface area contributed by atoms with Crippen molar-refractivity contribution >= 4 is 35.0 Å². The highest BCUT2D eigenvalue weighted by molar-refractivity contribution is 6.33. The lowest BCUT2D eigenvalue weighted by molar-refractivity contribution is 0.454. The molecule has 5 rings (SSSR count). The van der Waals surface area contributed by atoms with Crippen LogP contribution in [-0.4, -0.2) is 40.7 Å². The zero-order valence-corrected chi connectivity index (χ0v) is 16.0. The third-order valence-corrected chi connectivity index (χ3v) is 4.76. The van der Waals surface area contributed by atoms with Gasteiger partial charge in [0.1, 0.15) is 11.5 Å². The number of imidazole rings is 1. The van der Waals surface area contributed by atoms with E-state index in [0.29, 0.717) is 27.2 Å². The van der Waals surface area contributed by atoms with Crippen molar-refractivity contribution in [3.05, 3.63) is 62.3 Å². The van der Waals surface area contributed by atoms with E-state index in [9.17, 15) is 14.3 Å². The number of halogens is 2. The van der Waals surface area contributed by atoms with Crippen LogP contribution in [0.4, 0.5) is 16.0 Å². The average Bonchev–Trinajstić information content (AvgIpc) is 3.34. The maximum Gasteiger partial charge on any atom is 0.326 e. The molecule has 0 saturated heterocycles. The van der Waals surface area contributed by atoms with Crippen molar-refractivity contribution < 1.29 is 9.50 Å². The Morgan fingerprint density at radius 1 is 1.33 bits per heavy atom. The van der Waals surface area contributed by atoms with E-state index >= 15 is 0 Å². The van der Waals surface area contributed by atoms with Crippen molar-refractivity contribution in [2.24, 2.45) is 4.99 Å². The van der Waals surface area contributed by atoms with Crippen LogP contribution < -0.4 is 21.8 Å². The van der Waals surface area contributed by atoms with Crippen molar-refractivity contribution in [3.63, 3.8) is 0 Å². The number of rotatable bonds is 4. The van der Waals surface area contributed by atoms with Gasteiger partial charge in [-0.25, -0.2) is 14.2 Å². The lowest BCUT2D eigenvalue weighted by Gasteiger charge is -2.07. The molecule has 0 aliphatic heterocycles. The molecule has 3 aromatic heterocycles. The quantitative estimate of drug-likeness (QED) is 0.382. The largest absolute Gasteiger partial charge is 0.493 e. The Labute approximate surface area is 171 Å². The normalized spacial score (nSPS) is 15.3. The second-order valence-corrected chi connectivity index (χ2v) is 7.18. The summed E-state index contributed by atoms with van der Waals surface area (Å²) in [7, 11) is 0. The molecule has 0 radical (unpaired) electrons. The van der Waals surface area contributed by atoms with E-state index in [2.05, 4.69) is 35.3 Å². The highest BCUT2D eigenvalue weighted by atomic mass is 35.5. The standard InChI is InChI=1S/C18H14ClFN8O2/c19-11-4-1-9(20)6-12(11)23-16-25-14-8(5-13-15(29)26-18(30)24-13)7-21-28(14)17(27-16)22-10-2-3-10/h1,4-7,10,29H,2-3H2,(H,22,23,27)(H2,24,26,30)/b8-5-. The van der Waals surface area contributed by atoms with E-state index in [1.54, 1.807) is 0 Å². The van der Waals surface area contributed by atoms with Gasteiger partial charge in [0, 0.05) is 5.22 Å². The van der Waals surface area contributed by atoms with Crippen LogP contribution in [0, 0.1) is 5.82 Å². The molecule has 30 heavy (non-hydrogen) atoms. The Kier molecular flexibility index (Phi) is 4.24. The van der Waals surface area contributed by atoms with Gasteiger partial charge in [-0.15, -0.1) is 0 Å². The van der Waals surface area contributed by atoms with E-state index in [1.807, 2.05) is 0 Å². The number of aromatic hydroxyl groups is 1. The topological polar surface area (TPSA) is 136 Å². The fraction of sp³-hybridized carbons (Fsp3) is 0.167. The molecule has 3 heterocycles. The Morgan fingerprint density at radius 3 is 2.90 bits per heavy atom. The van der Waals surface area contributed by atoms with Gasteiger partial charge in [-0.05, 0) is 37.1 Å². The van der Waals surface area contributed by atoms with Gasteiger partial charge >= 0.3 is 5.69 Å². The van der Waals surface area contributed by atoms with Gasteiger partial charge in [0.15, 0.2) is 5.65 Å². The molecule has 0 atom stereocenters. The van der Waals surface area contributed by atoms with Gasteiger partial charge < -0.3 is 15.4 Å². The highest BCUT2D eigenvalue weighted by Gasteiger charge is 2.21. The van der Waals surface area contributed by atoms with Gasteiger partial charge in [-0.2, -0.15) is 19.6 Å². The molecule has 12 heteroatoms. The molecule has 0 spiro atoms. The van der Waals surface area contributed by atoms with Gasteiger partial charge in [0.2, 0.25) is 11.8 Å². The first-order valence-corrected chi connectivity index (χ1v) is 9.39. The molecule has 152 valence electrons. The number of nitrogens with one attached hydrogen (secondary N) is 3. The van der Waals surface area contributed by atoms with Crippen LogP contribution in [0.3, 0.4) is 0 Å². The maximum atomic E-state index is 13.6. The van der Waals surface area contributed by atoms with Crippen molar-refractivity contribution in [2.75, 3.05) is 5.32 Å². The van der Waals surface area contributed by atoms with Crippen LogP contribution in [0.5, 0.6) is 5.88 Å². The predicted octanol–water partition coefficient (Wildman–Crippen LogP) is 0.993. The lowest BCUT2D eigenvalue weighted by Crippen LogP contribution is -2.24. The maximum absolute atomic E-state index is 13.6. The van der Waals surface area contributed by atoms with Crippen molar-refractivity contribution in [2.45, 2.75) is 18.9 Å². The Morgan fingerprint density at radius 2 is 2.17 bits per heavy atom. The number of anilines is 2.